The molecule has 3 atom stereocenters. The number of furan rings is 1. The van der Waals surface area contributed by atoms with E-state index < -0.39 is 18.2 Å². The topological polar surface area (TPSA) is 112 Å². The van der Waals surface area contributed by atoms with E-state index in [1.807, 2.05) is 24.3 Å². The minimum Gasteiger partial charge on any atom is -0.482 e. The lowest BCUT2D eigenvalue weighted by atomic mass is 9.87. The Hall–Kier alpha value is -2.37. The van der Waals surface area contributed by atoms with Gasteiger partial charge in [0.25, 0.3) is 0 Å². The number of aliphatic hydroxyl groups excluding tert-OH is 2. The molecule has 226 valence electrons. The highest BCUT2D eigenvalue weighted by Gasteiger charge is 2.40. The normalized spacial score (nSPS) is 18.5. The first-order chi connectivity index (χ1) is 19.9. The van der Waals surface area contributed by atoms with Gasteiger partial charge in [0.1, 0.15) is 18.0 Å². The highest BCUT2D eigenvalue weighted by atomic mass is 127. The summed E-state index contributed by atoms with van der Waals surface area (Å²) in [4.78, 5) is 28.3. The molecular weight excluding hydrogens is 635 g/mol. The molecule has 3 rings (SSSR count). The summed E-state index contributed by atoms with van der Waals surface area (Å²) in [6.45, 7) is 2.41. The van der Waals surface area contributed by atoms with Gasteiger partial charge in [-0.3, -0.25) is 9.59 Å². The second kappa shape index (κ2) is 18.2. The number of unbranched alkanes of at least 4 members (excludes halogenated alkanes) is 8. The van der Waals surface area contributed by atoms with Crippen molar-refractivity contribution in [1.82, 2.24) is 10.2 Å². The van der Waals surface area contributed by atoms with Gasteiger partial charge in [-0.25, -0.2) is 0 Å². The first-order valence-electron chi connectivity index (χ1n) is 14.9. The standard InChI is InChI=1S/C32H45IN2O6/c1-2-3-4-5-6-7-8-9-10-15-30(37)35(22-24-16-19-40-23-24)27-20-25(32(39)34-17-18-36)21-29(31(27)38)41-28-14-12-11-13-26(28)33/h11-14,16,19,21,23,27,29,31,36,38H,2-10,15,17-18,20,22H2,1H3,(H,34,39)/t27-,29+,31+/m1/s1. The zero-order valence-electron chi connectivity index (χ0n) is 24.1. The molecule has 0 aliphatic heterocycles. The number of hydrogen-bond acceptors (Lipinski definition) is 6. The number of amides is 2. The van der Waals surface area contributed by atoms with E-state index in [4.69, 9.17) is 9.15 Å². The Labute approximate surface area is 257 Å². The molecule has 3 N–H and O–H groups in total. The molecule has 1 aliphatic rings. The van der Waals surface area contributed by atoms with Crippen molar-refractivity contribution in [3.05, 3.63) is 63.6 Å². The van der Waals surface area contributed by atoms with Crippen molar-refractivity contribution in [2.24, 2.45) is 0 Å². The predicted octanol–water partition coefficient (Wildman–Crippen LogP) is 5.75. The third kappa shape index (κ3) is 10.8. The summed E-state index contributed by atoms with van der Waals surface area (Å²) in [5.41, 5.74) is 1.23. The van der Waals surface area contributed by atoms with Gasteiger partial charge in [-0.2, -0.15) is 0 Å². The number of benzene rings is 1. The van der Waals surface area contributed by atoms with Gasteiger partial charge in [-0.05, 0) is 53.3 Å². The van der Waals surface area contributed by atoms with Crippen molar-refractivity contribution < 1.29 is 29.0 Å². The van der Waals surface area contributed by atoms with Gasteiger partial charge < -0.3 is 29.6 Å². The number of nitrogens with zero attached hydrogens (tertiary/aromatic N) is 1. The van der Waals surface area contributed by atoms with Crippen LogP contribution in [0.25, 0.3) is 0 Å². The lowest BCUT2D eigenvalue weighted by molar-refractivity contribution is -0.139. The highest BCUT2D eigenvalue weighted by molar-refractivity contribution is 14.1. The molecular formula is C32H45IN2O6. The maximum atomic E-state index is 13.7. The van der Waals surface area contributed by atoms with E-state index in [0.717, 1.165) is 28.4 Å². The Balaban J connectivity index is 1.74. The van der Waals surface area contributed by atoms with Gasteiger partial charge in [0.2, 0.25) is 11.8 Å². The number of para-hydroxylation sites is 1. The molecule has 9 heteroatoms. The molecule has 2 aromatic rings. The van der Waals surface area contributed by atoms with E-state index in [-0.39, 0.29) is 37.9 Å². The first-order valence-corrected chi connectivity index (χ1v) is 16.0. The summed E-state index contributed by atoms with van der Waals surface area (Å²) < 4.78 is 12.4. The van der Waals surface area contributed by atoms with Gasteiger partial charge in [-0.1, -0.05) is 70.4 Å². The third-order valence-electron chi connectivity index (χ3n) is 7.46. The lowest BCUT2D eigenvalue weighted by Crippen LogP contribution is -2.54. The van der Waals surface area contributed by atoms with Crippen molar-refractivity contribution >= 4 is 34.4 Å². The molecule has 8 nitrogen and oxygen atoms in total. The van der Waals surface area contributed by atoms with Crippen molar-refractivity contribution in [2.75, 3.05) is 13.2 Å². The molecule has 0 bridgehead atoms. The number of aliphatic hydroxyl groups is 2. The fraction of sp³-hybridized carbons (Fsp3) is 0.562. The summed E-state index contributed by atoms with van der Waals surface area (Å²) >= 11 is 2.17. The summed E-state index contributed by atoms with van der Waals surface area (Å²) in [6.07, 6.45) is 13.9. The van der Waals surface area contributed by atoms with Gasteiger partial charge >= 0.3 is 0 Å². The number of hydrogen-bond donors (Lipinski definition) is 3. The van der Waals surface area contributed by atoms with E-state index >= 15 is 0 Å². The smallest absolute Gasteiger partial charge is 0.247 e. The molecule has 1 heterocycles. The van der Waals surface area contributed by atoms with Crippen LogP contribution in [0.15, 0.2) is 58.9 Å². The number of rotatable bonds is 18. The Kier molecular flexibility index (Phi) is 14.7. The number of carbonyl (C=O) groups excluding carboxylic acids is 2. The Bertz CT molecular complexity index is 1090. The van der Waals surface area contributed by atoms with Crippen molar-refractivity contribution in [1.29, 1.82) is 0 Å². The van der Waals surface area contributed by atoms with Crippen LogP contribution in [0.2, 0.25) is 0 Å². The second-order valence-corrected chi connectivity index (χ2v) is 11.8. The molecule has 0 unspecified atom stereocenters. The van der Waals surface area contributed by atoms with Crippen molar-refractivity contribution in [3.8, 4) is 5.75 Å². The molecule has 0 saturated carbocycles. The minimum atomic E-state index is -1.06. The van der Waals surface area contributed by atoms with Gasteiger partial charge in [0.05, 0.1) is 28.7 Å². The van der Waals surface area contributed by atoms with Crippen molar-refractivity contribution in [2.45, 2.75) is 102 Å². The van der Waals surface area contributed by atoms with Crippen LogP contribution in [-0.2, 0) is 16.1 Å². The van der Waals surface area contributed by atoms with Crippen LogP contribution in [0.3, 0.4) is 0 Å². The minimum absolute atomic E-state index is 0.0664. The van der Waals surface area contributed by atoms with Gasteiger partial charge in [-0.15, -0.1) is 0 Å². The SMILES string of the molecule is CCCCCCCCCCCC(=O)N(Cc1ccoc1)[C@@H]1CC(C(=O)NCCO)=C[C@H](Oc2ccccc2I)[C@H]1O. The third-order valence-corrected chi connectivity index (χ3v) is 8.35. The van der Waals surface area contributed by atoms with E-state index in [1.54, 1.807) is 29.6 Å². The Morgan fingerprint density at radius 1 is 1.07 bits per heavy atom. The van der Waals surface area contributed by atoms with Crippen LogP contribution >= 0.6 is 22.6 Å². The maximum Gasteiger partial charge on any atom is 0.247 e. The molecule has 1 aromatic carbocycles. The number of carbonyl (C=O) groups is 2. The van der Waals surface area contributed by atoms with Crippen LogP contribution in [0, 0.1) is 3.57 Å². The van der Waals surface area contributed by atoms with Gasteiger partial charge in [0.15, 0.2) is 0 Å². The van der Waals surface area contributed by atoms with E-state index in [0.29, 0.717) is 17.7 Å². The van der Waals surface area contributed by atoms with Crippen LogP contribution < -0.4 is 10.1 Å². The van der Waals surface area contributed by atoms with Crippen LogP contribution in [-0.4, -0.2) is 58.3 Å². The largest absolute Gasteiger partial charge is 0.482 e. The van der Waals surface area contributed by atoms with E-state index in [9.17, 15) is 19.8 Å². The van der Waals surface area contributed by atoms with Crippen LogP contribution in [0.5, 0.6) is 5.75 Å². The molecule has 0 spiro atoms. The fourth-order valence-electron chi connectivity index (χ4n) is 5.17. The van der Waals surface area contributed by atoms with Crippen LogP contribution in [0.1, 0.15) is 83.1 Å². The molecule has 0 radical (unpaired) electrons. The van der Waals surface area contributed by atoms with E-state index in [2.05, 4.69) is 34.8 Å². The summed E-state index contributed by atoms with van der Waals surface area (Å²) in [5.74, 6) is 0.178. The van der Waals surface area contributed by atoms with Crippen molar-refractivity contribution in [3.63, 3.8) is 0 Å². The quantitative estimate of drug-likeness (QED) is 0.137. The first kappa shape index (κ1) is 33.1. The number of nitrogens with one attached hydrogen (secondary N) is 1. The summed E-state index contributed by atoms with van der Waals surface area (Å²) in [6, 6.07) is 8.59. The monoisotopic (exact) mass is 680 g/mol. The number of ether oxygens (including phenoxy) is 1. The Morgan fingerprint density at radius 3 is 2.44 bits per heavy atom. The molecule has 2 amide bonds. The van der Waals surface area contributed by atoms with Crippen LogP contribution in [0.4, 0.5) is 0 Å². The highest BCUT2D eigenvalue weighted by Crippen LogP contribution is 2.31. The van der Waals surface area contributed by atoms with Gasteiger partial charge in [0, 0.05) is 37.1 Å². The molecule has 1 aromatic heterocycles. The molecule has 1 aliphatic carbocycles. The lowest BCUT2D eigenvalue weighted by Gasteiger charge is -2.40. The maximum absolute atomic E-state index is 13.7. The fourth-order valence-corrected chi connectivity index (χ4v) is 5.68. The second-order valence-electron chi connectivity index (χ2n) is 10.7. The zero-order chi connectivity index (χ0) is 29.5. The average molecular weight is 681 g/mol. The number of halogens is 1. The summed E-state index contributed by atoms with van der Waals surface area (Å²) in [5, 5.41) is 23.5. The molecule has 41 heavy (non-hydrogen) atoms. The Morgan fingerprint density at radius 2 is 1.78 bits per heavy atom. The average Bonchev–Trinajstić information content (AvgIpc) is 3.49. The zero-order valence-corrected chi connectivity index (χ0v) is 26.3. The molecule has 0 fully saturated rings. The van der Waals surface area contributed by atoms with E-state index in [1.165, 1.54) is 38.5 Å². The summed E-state index contributed by atoms with van der Waals surface area (Å²) in [7, 11) is 0. The molecule has 0 saturated heterocycles. The predicted molar refractivity (Wildman–Crippen MR) is 167 cm³/mol.